The lowest BCUT2D eigenvalue weighted by Gasteiger charge is -2.25. The van der Waals surface area contributed by atoms with Crippen molar-refractivity contribution in [2.45, 2.75) is 58.3 Å². The maximum Gasteiger partial charge on any atom is 0.0351 e. The first kappa shape index (κ1) is 18.5. The van der Waals surface area contributed by atoms with Crippen molar-refractivity contribution in [1.82, 2.24) is 0 Å². The van der Waals surface area contributed by atoms with Gasteiger partial charge in [0.25, 0.3) is 0 Å². The van der Waals surface area contributed by atoms with E-state index in [2.05, 4.69) is 74.5 Å². The molecule has 140 valence electrons. The third-order valence-corrected chi connectivity index (χ3v) is 7.26. The minimum atomic E-state index is 0.765. The van der Waals surface area contributed by atoms with Crippen LogP contribution in [0, 0.1) is 5.92 Å². The molecule has 0 N–H and O–H groups in total. The van der Waals surface area contributed by atoms with Crippen molar-refractivity contribution in [2.75, 3.05) is 0 Å². The number of benzene rings is 2. The Balaban J connectivity index is 1.53. The molecule has 2 aromatic carbocycles. The summed E-state index contributed by atoms with van der Waals surface area (Å²) in [5.74, 6) is 1.57. The first-order valence-electron chi connectivity index (χ1n) is 10.5. The lowest BCUT2D eigenvalue weighted by molar-refractivity contribution is 0.379. The van der Waals surface area contributed by atoms with Gasteiger partial charge in [-0.15, -0.1) is 11.3 Å². The summed E-state index contributed by atoms with van der Waals surface area (Å²) in [6.45, 7) is 4.39. The monoisotopic (exact) mass is 374 g/mol. The van der Waals surface area contributed by atoms with Gasteiger partial charge in [-0.05, 0) is 85.1 Å². The molecule has 1 heteroatoms. The molecule has 27 heavy (non-hydrogen) atoms. The maximum absolute atomic E-state index is 2.45. The fourth-order valence-electron chi connectivity index (χ4n) is 4.45. The molecule has 1 saturated carbocycles. The van der Waals surface area contributed by atoms with Crippen molar-refractivity contribution < 1.29 is 0 Å². The predicted molar refractivity (Wildman–Crippen MR) is 121 cm³/mol. The van der Waals surface area contributed by atoms with Crippen LogP contribution in [0.5, 0.6) is 0 Å². The average molecular weight is 375 g/mol. The van der Waals surface area contributed by atoms with Gasteiger partial charge in [-0.1, -0.05) is 61.9 Å². The third-order valence-electron chi connectivity index (χ3n) is 6.00. The van der Waals surface area contributed by atoms with Crippen LogP contribution in [0.1, 0.15) is 62.3 Å². The Morgan fingerprint density at radius 3 is 2.37 bits per heavy atom. The minimum Gasteiger partial charge on any atom is -0.140 e. The molecule has 4 rings (SSSR count). The van der Waals surface area contributed by atoms with Crippen LogP contribution in [0.3, 0.4) is 0 Å². The molecule has 0 nitrogen and oxygen atoms in total. The molecule has 0 bridgehead atoms. The Bertz CT molecular complexity index is 905. The van der Waals surface area contributed by atoms with Crippen molar-refractivity contribution in [3.63, 3.8) is 0 Å². The van der Waals surface area contributed by atoms with Gasteiger partial charge in [0.2, 0.25) is 0 Å². The zero-order chi connectivity index (χ0) is 18.6. The van der Waals surface area contributed by atoms with Crippen LogP contribution in [0.15, 0.2) is 60.7 Å². The number of hydrogen-bond donors (Lipinski definition) is 0. The van der Waals surface area contributed by atoms with E-state index in [-0.39, 0.29) is 0 Å². The van der Waals surface area contributed by atoms with Crippen LogP contribution in [0.4, 0.5) is 0 Å². The maximum atomic E-state index is 2.45. The Kier molecular flexibility index (Phi) is 5.78. The van der Waals surface area contributed by atoms with E-state index in [4.69, 9.17) is 0 Å². The number of thiophene rings is 1. The largest absolute Gasteiger partial charge is 0.140 e. The van der Waals surface area contributed by atoms with Gasteiger partial charge >= 0.3 is 0 Å². The molecule has 0 aliphatic heterocycles. The first-order chi connectivity index (χ1) is 13.3. The number of allylic oxidation sites excluding steroid dienone is 2. The molecule has 1 aliphatic rings. The highest BCUT2D eigenvalue weighted by Gasteiger charge is 2.22. The Morgan fingerprint density at radius 1 is 0.926 bits per heavy atom. The van der Waals surface area contributed by atoms with Gasteiger partial charge in [-0.25, -0.2) is 0 Å². The van der Waals surface area contributed by atoms with E-state index in [1.807, 2.05) is 11.3 Å². The molecular weight excluding hydrogens is 344 g/mol. The minimum absolute atomic E-state index is 0.765. The van der Waals surface area contributed by atoms with Gasteiger partial charge in [0.15, 0.2) is 0 Å². The lowest BCUT2D eigenvalue weighted by Crippen LogP contribution is -2.10. The predicted octanol–water partition coefficient (Wildman–Crippen LogP) is 8.37. The first-order valence-corrected chi connectivity index (χ1v) is 11.3. The van der Waals surface area contributed by atoms with E-state index in [0.717, 1.165) is 11.8 Å². The van der Waals surface area contributed by atoms with Crippen molar-refractivity contribution in [3.05, 3.63) is 71.1 Å². The zero-order valence-corrected chi connectivity index (χ0v) is 17.4. The highest BCUT2D eigenvalue weighted by molar-refractivity contribution is 7.19. The fourth-order valence-corrected chi connectivity index (χ4v) is 5.73. The summed E-state index contributed by atoms with van der Waals surface area (Å²) < 4.78 is 1.44. The molecule has 0 amide bonds. The van der Waals surface area contributed by atoms with Gasteiger partial charge in [-0.3, -0.25) is 0 Å². The number of rotatable bonds is 5. The van der Waals surface area contributed by atoms with Crippen molar-refractivity contribution in [3.8, 4) is 11.1 Å². The average Bonchev–Trinajstić information content (AvgIpc) is 3.13. The van der Waals surface area contributed by atoms with Crippen LogP contribution in [0.2, 0.25) is 0 Å². The summed E-state index contributed by atoms with van der Waals surface area (Å²) in [6.07, 6.45) is 12.4. The summed E-state index contributed by atoms with van der Waals surface area (Å²) in [5, 5.41) is 1.41. The second kappa shape index (κ2) is 8.44. The molecule has 0 unspecified atom stereocenters. The van der Waals surface area contributed by atoms with Crippen molar-refractivity contribution in [2.24, 2.45) is 5.92 Å². The summed E-state index contributed by atoms with van der Waals surface area (Å²) >= 11 is 2.02. The summed E-state index contributed by atoms with van der Waals surface area (Å²) in [6, 6.07) is 18.6. The van der Waals surface area contributed by atoms with E-state index in [1.165, 1.54) is 65.3 Å². The molecule has 0 atom stereocenters. The van der Waals surface area contributed by atoms with Crippen LogP contribution in [-0.4, -0.2) is 0 Å². The van der Waals surface area contributed by atoms with E-state index in [9.17, 15) is 0 Å². The Labute approximate surface area is 167 Å². The van der Waals surface area contributed by atoms with E-state index < -0.39 is 0 Å². The molecule has 1 fully saturated rings. The molecular formula is C26H30S. The smallest absolute Gasteiger partial charge is 0.0351 e. The van der Waals surface area contributed by atoms with E-state index in [0.29, 0.717) is 0 Å². The fraction of sp³-hybridized carbons (Fsp3) is 0.385. The summed E-state index contributed by atoms with van der Waals surface area (Å²) in [4.78, 5) is 1.60. The van der Waals surface area contributed by atoms with Gasteiger partial charge in [0, 0.05) is 9.58 Å². The highest BCUT2D eigenvalue weighted by atomic mass is 32.1. The van der Waals surface area contributed by atoms with Crippen LogP contribution in [-0.2, 0) is 6.42 Å². The van der Waals surface area contributed by atoms with Crippen LogP contribution < -0.4 is 0 Å². The second-order valence-electron chi connectivity index (χ2n) is 7.99. The molecule has 0 spiro atoms. The lowest BCUT2D eigenvalue weighted by atomic mass is 9.81. The Morgan fingerprint density at radius 2 is 1.67 bits per heavy atom. The summed E-state index contributed by atoms with van der Waals surface area (Å²) in [7, 11) is 0. The zero-order valence-electron chi connectivity index (χ0n) is 16.6. The van der Waals surface area contributed by atoms with Crippen LogP contribution >= 0.6 is 11.3 Å². The van der Waals surface area contributed by atoms with Crippen LogP contribution in [0.25, 0.3) is 21.2 Å². The van der Waals surface area contributed by atoms with Crippen molar-refractivity contribution in [1.29, 1.82) is 0 Å². The number of aryl methyl sites for hydroxylation is 1. The molecule has 1 aliphatic carbocycles. The van der Waals surface area contributed by atoms with Gasteiger partial charge in [0.1, 0.15) is 0 Å². The van der Waals surface area contributed by atoms with Gasteiger partial charge in [0.05, 0.1) is 0 Å². The highest BCUT2D eigenvalue weighted by Crippen LogP contribution is 2.41. The normalized spacial score (nSPS) is 20.5. The van der Waals surface area contributed by atoms with E-state index in [1.54, 1.807) is 4.88 Å². The molecule has 0 saturated heterocycles. The van der Waals surface area contributed by atoms with Crippen molar-refractivity contribution >= 4 is 21.4 Å². The SMILES string of the molecule is C/C=C/C1CCC(c2cc3ccc(-c4ccc(CCC)cc4)cc3s2)CC1. The second-order valence-corrected chi connectivity index (χ2v) is 9.10. The summed E-state index contributed by atoms with van der Waals surface area (Å²) in [5.41, 5.74) is 4.11. The standard InChI is InChI=1S/C26H30S/c1-3-5-19-7-11-21(12-8-19)23-15-16-24-18-25(27-26(24)17-23)22-13-9-20(6-4-2)10-14-22/h4,6-8,11-12,15-18,20,22H,3,5,9-10,13-14H2,1-2H3/b6-4+. The topological polar surface area (TPSA) is 0 Å². The van der Waals surface area contributed by atoms with Gasteiger partial charge in [-0.2, -0.15) is 0 Å². The molecule has 1 aromatic heterocycles. The number of hydrogen-bond acceptors (Lipinski definition) is 1. The number of fused-ring (bicyclic) bond motifs is 1. The molecule has 1 heterocycles. The quantitative estimate of drug-likeness (QED) is 0.393. The van der Waals surface area contributed by atoms with Gasteiger partial charge < -0.3 is 0 Å². The third kappa shape index (κ3) is 4.19. The van der Waals surface area contributed by atoms with E-state index >= 15 is 0 Å². The molecule has 0 radical (unpaired) electrons. The molecule has 3 aromatic rings. The Hall–Kier alpha value is -1.86.